The number of aromatic amines is 1. The smallest absolute Gasteiger partial charge is 0.267 e. The van der Waals surface area contributed by atoms with Crippen LogP contribution in [0.1, 0.15) is 29.8 Å². The van der Waals surface area contributed by atoms with Gasteiger partial charge >= 0.3 is 0 Å². The van der Waals surface area contributed by atoms with Gasteiger partial charge in [0.25, 0.3) is 11.5 Å². The van der Waals surface area contributed by atoms with Crippen LogP contribution in [0.5, 0.6) is 11.5 Å². The summed E-state index contributed by atoms with van der Waals surface area (Å²) in [6.07, 6.45) is 0. The van der Waals surface area contributed by atoms with Gasteiger partial charge in [0.15, 0.2) is 0 Å². The fraction of sp³-hybridized carbons (Fsp3) is 0.179. The predicted molar refractivity (Wildman–Crippen MR) is 134 cm³/mol. The minimum absolute atomic E-state index is 0.0503. The van der Waals surface area contributed by atoms with E-state index in [1.54, 1.807) is 17.9 Å². The Balaban J connectivity index is 1.89. The molecule has 1 aromatic heterocycles. The zero-order valence-corrected chi connectivity index (χ0v) is 19.8. The Morgan fingerprint density at radius 3 is 2.40 bits per heavy atom. The summed E-state index contributed by atoms with van der Waals surface area (Å²) >= 11 is 0. The fourth-order valence-electron chi connectivity index (χ4n) is 3.98. The van der Waals surface area contributed by atoms with E-state index >= 15 is 0 Å². The molecule has 178 valence electrons. The van der Waals surface area contributed by atoms with Gasteiger partial charge in [-0.3, -0.25) is 9.59 Å². The number of carbonyl (C=O) groups excluding carboxylic acids is 1. The molecule has 6 nitrogen and oxygen atoms in total. The van der Waals surface area contributed by atoms with E-state index in [1.807, 2.05) is 68.4 Å². The highest BCUT2D eigenvalue weighted by Crippen LogP contribution is 2.38. The van der Waals surface area contributed by atoms with Crippen molar-refractivity contribution in [2.75, 3.05) is 13.1 Å². The number of carbonyl (C=O) groups is 1. The van der Waals surface area contributed by atoms with Crippen molar-refractivity contribution in [3.8, 4) is 33.9 Å². The summed E-state index contributed by atoms with van der Waals surface area (Å²) in [6, 6.07) is 21.0. The monoisotopic (exact) mass is 471 g/mol. The minimum Gasteiger partial charge on any atom is -0.457 e. The molecule has 0 spiro atoms. The normalized spacial score (nSPS) is 10.7. The number of aromatic nitrogens is 2. The first-order valence-electron chi connectivity index (χ1n) is 11.4. The molecule has 0 saturated heterocycles. The van der Waals surface area contributed by atoms with Crippen LogP contribution < -0.4 is 10.3 Å². The number of amides is 1. The molecule has 4 rings (SSSR count). The third kappa shape index (κ3) is 4.84. The van der Waals surface area contributed by atoms with E-state index in [1.165, 1.54) is 12.1 Å². The van der Waals surface area contributed by atoms with Crippen molar-refractivity contribution >= 4 is 5.91 Å². The lowest BCUT2D eigenvalue weighted by Gasteiger charge is -2.20. The van der Waals surface area contributed by atoms with Crippen LogP contribution in [0.25, 0.3) is 22.4 Å². The maximum absolute atomic E-state index is 14.7. The Bertz CT molecular complexity index is 1410. The van der Waals surface area contributed by atoms with E-state index in [2.05, 4.69) is 10.2 Å². The Labute approximate surface area is 203 Å². The zero-order valence-electron chi connectivity index (χ0n) is 19.8. The van der Waals surface area contributed by atoms with Crippen LogP contribution in [0.4, 0.5) is 4.39 Å². The first-order chi connectivity index (χ1) is 16.9. The molecule has 0 aliphatic rings. The van der Waals surface area contributed by atoms with Gasteiger partial charge < -0.3 is 9.64 Å². The lowest BCUT2D eigenvalue weighted by atomic mass is 9.94. The number of rotatable bonds is 7. The highest BCUT2D eigenvalue weighted by molar-refractivity contribution is 5.96. The van der Waals surface area contributed by atoms with E-state index < -0.39 is 11.7 Å². The van der Waals surface area contributed by atoms with Crippen LogP contribution in [0.15, 0.2) is 77.6 Å². The summed E-state index contributed by atoms with van der Waals surface area (Å²) in [4.78, 5) is 27.1. The molecule has 0 unspecified atom stereocenters. The molecule has 1 heterocycles. The Morgan fingerprint density at radius 1 is 1.00 bits per heavy atom. The molecule has 7 heteroatoms. The van der Waals surface area contributed by atoms with Gasteiger partial charge in [-0.05, 0) is 62.7 Å². The number of nitrogens with one attached hydrogen (secondary N) is 1. The maximum atomic E-state index is 14.7. The Morgan fingerprint density at radius 2 is 1.69 bits per heavy atom. The van der Waals surface area contributed by atoms with E-state index in [4.69, 9.17) is 4.74 Å². The summed E-state index contributed by atoms with van der Waals surface area (Å²) in [5, 5.41) is 6.89. The van der Waals surface area contributed by atoms with Gasteiger partial charge in [0, 0.05) is 29.8 Å². The number of hydrogen-bond acceptors (Lipinski definition) is 4. The maximum Gasteiger partial charge on any atom is 0.267 e. The summed E-state index contributed by atoms with van der Waals surface area (Å²) in [6.45, 7) is 6.28. The lowest BCUT2D eigenvalue weighted by Crippen LogP contribution is -2.31. The first kappa shape index (κ1) is 23.9. The number of para-hydroxylation sites is 2. The standard InChI is InChI=1S/C28H26FN3O3/c1-4-32(5-2)28(34)22-17-19(15-16-23(22)29)25-18(3)27(33)31-30-26(25)21-13-9-10-14-24(21)35-20-11-7-6-8-12-20/h6-17H,4-5H2,1-3H3,(H,31,33). The molecule has 0 atom stereocenters. The molecule has 0 bridgehead atoms. The van der Waals surface area contributed by atoms with Crippen LogP contribution in [-0.2, 0) is 0 Å². The topological polar surface area (TPSA) is 75.3 Å². The van der Waals surface area contributed by atoms with E-state index in [0.29, 0.717) is 52.5 Å². The van der Waals surface area contributed by atoms with Crippen LogP contribution in [-0.4, -0.2) is 34.1 Å². The van der Waals surface area contributed by atoms with Crippen molar-refractivity contribution in [3.05, 3.63) is 100 Å². The largest absolute Gasteiger partial charge is 0.457 e. The SMILES string of the molecule is CCN(CC)C(=O)c1cc(-c2c(-c3ccccc3Oc3ccccc3)n[nH]c(=O)c2C)ccc1F. The van der Waals surface area contributed by atoms with Crippen LogP contribution in [0.3, 0.4) is 0 Å². The van der Waals surface area contributed by atoms with Crippen LogP contribution >= 0.6 is 0 Å². The summed E-state index contributed by atoms with van der Waals surface area (Å²) in [5.74, 6) is 0.173. The Hall–Kier alpha value is -4.26. The number of nitrogens with zero attached hydrogens (tertiary/aromatic N) is 2. The minimum atomic E-state index is -0.615. The molecule has 3 aromatic carbocycles. The molecule has 0 radical (unpaired) electrons. The predicted octanol–water partition coefficient (Wildman–Crippen LogP) is 5.83. The van der Waals surface area contributed by atoms with Gasteiger partial charge in [0.2, 0.25) is 0 Å². The quantitative estimate of drug-likeness (QED) is 0.368. The second-order valence-electron chi connectivity index (χ2n) is 7.98. The van der Waals surface area contributed by atoms with Gasteiger partial charge in [-0.25, -0.2) is 9.49 Å². The van der Waals surface area contributed by atoms with Gasteiger partial charge in [0.1, 0.15) is 23.0 Å². The fourth-order valence-corrected chi connectivity index (χ4v) is 3.98. The molecule has 1 N–H and O–H groups in total. The molecule has 35 heavy (non-hydrogen) atoms. The number of hydrogen-bond donors (Lipinski definition) is 1. The van der Waals surface area contributed by atoms with Crippen molar-refractivity contribution in [1.29, 1.82) is 0 Å². The zero-order chi connectivity index (χ0) is 24.9. The molecule has 4 aromatic rings. The molecule has 1 amide bonds. The van der Waals surface area contributed by atoms with Crippen LogP contribution in [0.2, 0.25) is 0 Å². The van der Waals surface area contributed by atoms with Gasteiger partial charge in [-0.2, -0.15) is 5.10 Å². The average molecular weight is 472 g/mol. The molecule has 0 saturated carbocycles. The molecular formula is C28H26FN3O3. The van der Waals surface area contributed by atoms with Crippen molar-refractivity contribution in [2.45, 2.75) is 20.8 Å². The lowest BCUT2D eigenvalue weighted by molar-refractivity contribution is 0.0768. The number of H-pyrrole nitrogens is 1. The van der Waals surface area contributed by atoms with Crippen molar-refractivity contribution in [2.24, 2.45) is 0 Å². The second-order valence-corrected chi connectivity index (χ2v) is 7.98. The van der Waals surface area contributed by atoms with Gasteiger partial charge in [-0.15, -0.1) is 0 Å². The average Bonchev–Trinajstić information content (AvgIpc) is 2.88. The molecule has 0 aliphatic carbocycles. The highest BCUT2D eigenvalue weighted by atomic mass is 19.1. The third-order valence-corrected chi connectivity index (χ3v) is 5.87. The summed E-state index contributed by atoms with van der Waals surface area (Å²) in [5.41, 5.74) is 2.11. The van der Waals surface area contributed by atoms with Crippen molar-refractivity contribution < 1.29 is 13.9 Å². The van der Waals surface area contributed by atoms with Gasteiger partial charge in [-0.1, -0.05) is 36.4 Å². The van der Waals surface area contributed by atoms with Crippen molar-refractivity contribution in [1.82, 2.24) is 15.1 Å². The summed E-state index contributed by atoms with van der Waals surface area (Å²) in [7, 11) is 0. The first-order valence-corrected chi connectivity index (χ1v) is 11.4. The highest BCUT2D eigenvalue weighted by Gasteiger charge is 2.22. The summed E-state index contributed by atoms with van der Waals surface area (Å²) < 4.78 is 20.8. The third-order valence-electron chi connectivity index (χ3n) is 5.87. The van der Waals surface area contributed by atoms with E-state index in [0.717, 1.165) is 0 Å². The van der Waals surface area contributed by atoms with E-state index in [-0.39, 0.29) is 11.1 Å². The molecule has 0 fully saturated rings. The van der Waals surface area contributed by atoms with E-state index in [9.17, 15) is 14.0 Å². The number of halogens is 1. The molecule has 0 aliphatic heterocycles. The van der Waals surface area contributed by atoms with Crippen LogP contribution in [0, 0.1) is 12.7 Å². The Kier molecular flexibility index (Phi) is 7.06. The number of ether oxygens (including phenoxy) is 1. The number of benzene rings is 3. The second kappa shape index (κ2) is 10.3. The van der Waals surface area contributed by atoms with Crippen molar-refractivity contribution in [3.63, 3.8) is 0 Å². The van der Waals surface area contributed by atoms with Gasteiger partial charge in [0.05, 0.1) is 5.56 Å². The molecular weight excluding hydrogens is 445 g/mol.